The lowest BCUT2D eigenvalue weighted by atomic mass is 9.96. The number of carbonyl (C=O) groups is 1. The number of amides is 1. The molecule has 38 heavy (non-hydrogen) atoms. The normalized spacial score (nSPS) is 11.3. The predicted octanol–water partition coefficient (Wildman–Crippen LogP) is 5.89. The maximum Gasteiger partial charge on any atom is 0.239 e. The Morgan fingerprint density at radius 2 is 1.74 bits per heavy atom. The van der Waals surface area contributed by atoms with Crippen LogP contribution in [0.4, 0.5) is 10.9 Å². The number of anilines is 2. The van der Waals surface area contributed by atoms with Crippen molar-refractivity contribution in [1.82, 2.24) is 9.97 Å². The van der Waals surface area contributed by atoms with Crippen LogP contribution in [0.5, 0.6) is 5.75 Å². The molecule has 1 atom stereocenters. The van der Waals surface area contributed by atoms with Crippen molar-refractivity contribution in [3.05, 3.63) is 70.6 Å². The number of ether oxygens (including phenoxy) is 1. The zero-order valence-corrected chi connectivity index (χ0v) is 22.6. The van der Waals surface area contributed by atoms with Gasteiger partial charge in [0.2, 0.25) is 5.91 Å². The maximum atomic E-state index is 13.0. The number of nitriles is 2. The van der Waals surface area contributed by atoms with Gasteiger partial charge in [-0.1, -0.05) is 43.0 Å². The van der Waals surface area contributed by atoms with Crippen molar-refractivity contribution in [3.63, 3.8) is 0 Å². The summed E-state index contributed by atoms with van der Waals surface area (Å²) in [6, 6.07) is 19.4. The number of nitrogens with one attached hydrogen (secondary N) is 1. The van der Waals surface area contributed by atoms with Crippen LogP contribution in [0, 0.1) is 22.7 Å². The summed E-state index contributed by atoms with van der Waals surface area (Å²) >= 11 is 2.42. The smallest absolute Gasteiger partial charge is 0.239 e. The highest BCUT2D eigenvalue weighted by Gasteiger charge is 2.24. The van der Waals surface area contributed by atoms with E-state index in [1.807, 2.05) is 60.8 Å². The molecule has 0 saturated carbocycles. The largest absolute Gasteiger partial charge is 0.497 e. The molecule has 4 aromatic rings. The molecule has 0 bridgehead atoms. The maximum absolute atomic E-state index is 13.0. The van der Waals surface area contributed by atoms with Crippen LogP contribution in [0.1, 0.15) is 30.5 Å². The standard InChI is InChI=1S/C28H24N6O2S2/c1-4-17-5-7-19(8-6-17)24-21(13-29)25(31)33-27(22(24)14-30)38-16(2)26(35)34-28-32-23(15-37-28)18-9-11-20(36-3)12-10-18/h5-12,15-16H,4H2,1-3H3,(H2,31,33)(H,32,34,35). The van der Waals surface area contributed by atoms with Crippen LogP contribution in [0.25, 0.3) is 22.4 Å². The first kappa shape index (κ1) is 26.7. The number of nitrogens with zero attached hydrogens (tertiary/aromatic N) is 4. The summed E-state index contributed by atoms with van der Waals surface area (Å²) in [5.41, 5.74) is 10.4. The molecule has 2 aromatic carbocycles. The summed E-state index contributed by atoms with van der Waals surface area (Å²) in [7, 11) is 1.61. The van der Waals surface area contributed by atoms with Gasteiger partial charge in [0.05, 0.1) is 23.6 Å². The Hall–Kier alpha value is -4.38. The molecule has 3 N–H and O–H groups in total. The van der Waals surface area contributed by atoms with E-state index in [4.69, 9.17) is 10.5 Å². The Kier molecular flexibility index (Phi) is 8.27. The molecule has 4 rings (SSSR count). The lowest BCUT2D eigenvalue weighted by molar-refractivity contribution is -0.115. The number of hydrogen-bond donors (Lipinski definition) is 2. The molecule has 0 spiro atoms. The van der Waals surface area contributed by atoms with E-state index < -0.39 is 5.25 Å². The van der Waals surface area contributed by atoms with Crippen LogP contribution in [-0.4, -0.2) is 28.2 Å². The van der Waals surface area contributed by atoms with E-state index in [2.05, 4.69) is 27.4 Å². The number of aryl methyl sites for hydroxylation is 1. The van der Waals surface area contributed by atoms with E-state index in [1.54, 1.807) is 14.0 Å². The van der Waals surface area contributed by atoms with Crippen molar-refractivity contribution < 1.29 is 9.53 Å². The van der Waals surface area contributed by atoms with Crippen molar-refractivity contribution >= 4 is 40.0 Å². The molecule has 1 unspecified atom stereocenters. The third kappa shape index (κ3) is 5.62. The number of methoxy groups -OCH3 is 1. The molecule has 190 valence electrons. The van der Waals surface area contributed by atoms with Gasteiger partial charge >= 0.3 is 0 Å². The molecule has 0 aliphatic rings. The number of pyridine rings is 1. The van der Waals surface area contributed by atoms with Gasteiger partial charge < -0.3 is 15.8 Å². The predicted molar refractivity (Wildman–Crippen MR) is 151 cm³/mol. The summed E-state index contributed by atoms with van der Waals surface area (Å²) in [6.45, 7) is 3.76. The fourth-order valence-corrected chi connectivity index (χ4v) is 5.37. The van der Waals surface area contributed by atoms with Gasteiger partial charge in [-0.15, -0.1) is 11.3 Å². The van der Waals surface area contributed by atoms with Crippen LogP contribution < -0.4 is 15.8 Å². The average Bonchev–Trinajstić information content (AvgIpc) is 3.41. The van der Waals surface area contributed by atoms with Crippen molar-refractivity contribution in [2.45, 2.75) is 30.5 Å². The number of hydrogen-bond acceptors (Lipinski definition) is 9. The molecule has 0 saturated heterocycles. The fraction of sp³-hybridized carbons (Fsp3) is 0.179. The molecule has 1 amide bonds. The van der Waals surface area contributed by atoms with E-state index in [9.17, 15) is 15.3 Å². The lowest BCUT2D eigenvalue weighted by Crippen LogP contribution is -2.22. The molecule has 8 nitrogen and oxygen atoms in total. The second-order valence-corrected chi connectivity index (χ2v) is 10.4. The molecule has 0 aliphatic heterocycles. The molecule has 2 heterocycles. The SMILES string of the molecule is CCc1ccc(-c2c(C#N)c(N)nc(SC(C)C(=O)Nc3nc(-c4ccc(OC)cc4)cs3)c2C#N)cc1. The first-order valence-electron chi connectivity index (χ1n) is 11.7. The zero-order valence-electron chi connectivity index (χ0n) is 21.0. The number of benzene rings is 2. The number of thiazole rings is 1. The molecular weight excluding hydrogens is 516 g/mol. The minimum atomic E-state index is -0.620. The Morgan fingerprint density at radius 3 is 2.34 bits per heavy atom. The van der Waals surface area contributed by atoms with Crippen LogP contribution in [0.3, 0.4) is 0 Å². The van der Waals surface area contributed by atoms with E-state index in [-0.39, 0.29) is 22.9 Å². The Balaban J connectivity index is 1.57. The number of carbonyl (C=O) groups excluding carboxylic acids is 1. The lowest BCUT2D eigenvalue weighted by Gasteiger charge is -2.15. The molecule has 0 radical (unpaired) electrons. The molecule has 10 heteroatoms. The van der Waals surface area contributed by atoms with Gasteiger partial charge in [0.25, 0.3) is 0 Å². The summed E-state index contributed by atoms with van der Waals surface area (Å²) in [5, 5.41) is 24.6. The summed E-state index contributed by atoms with van der Waals surface area (Å²) in [5.74, 6) is 0.464. The Morgan fingerprint density at radius 1 is 1.08 bits per heavy atom. The number of rotatable bonds is 8. The highest BCUT2D eigenvalue weighted by Crippen LogP contribution is 2.37. The summed E-state index contributed by atoms with van der Waals surface area (Å²) < 4.78 is 5.19. The Labute approximate surface area is 229 Å². The van der Waals surface area contributed by atoms with Crippen molar-refractivity contribution in [1.29, 1.82) is 10.5 Å². The monoisotopic (exact) mass is 540 g/mol. The van der Waals surface area contributed by atoms with E-state index in [1.165, 1.54) is 11.3 Å². The quantitative estimate of drug-likeness (QED) is 0.264. The number of aromatic nitrogens is 2. The highest BCUT2D eigenvalue weighted by atomic mass is 32.2. The molecule has 0 aliphatic carbocycles. The number of thioether (sulfide) groups is 1. The molecule has 0 fully saturated rings. The van der Waals surface area contributed by atoms with E-state index in [0.717, 1.165) is 40.8 Å². The van der Waals surface area contributed by atoms with Crippen molar-refractivity contribution in [2.75, 3.05) is 18.2 Å². The number of nitrogen functional groups attached to an aromatic ring is 1. The van der Waals surface area contributed by atoms with E-state index >= 15 is 0 Å². The van der Waals surface area contributed by atoms with Gasteiger partial charge in [0.15, 0.2) is 5.13 Å². The van der Waals surface area contributed by atoms with Gasteiger partial charge in [0.1, 0.15) is 34.3 Å². The number of nitrogens with two attached hydrogens (primary N) is 1. The summed E-state index contributed by atoms with van der Waals surface area (Å²) in [6.07, 6.45) is 0.864. The first-order chi connectivity index (χ1) is 18.4. The van der Waals surface area contributed by atoms with Crippen LogP contribution in [0.2, 0.25) is 0 Å². The van der Waals surface area contributed by atoms with Gasteiger partial charge in [-0.05, 0) is 48.7 Å². The summed E-state index contributed by atoms with van der Waals surface area (Å²) in [4.78, 5) is 21.8. The second kappa shape index (κ2) is 11.8. The second-order valence-electron chi connectivity index (χ2n) is 8.22. The van der Waals surface area contributed by atoms with Gasteiger partial charge in [0, 0.05) is 16.5 Å². The van der Waals surface area contributed by atoms with Gasteiger partial charge in [-0.3, -0.25) is 4.79 Å². The van der Waals surface area contributed by atoms with E-state index in [0.29, 0.717) is 21.3 Å². The van der Waals surface area contributed by atoms with Gasteiger partial charge in [-0.2, -0.15) is 10.5 Å². The molecular formula is C28H24N6O2S2. The Bertz CT molecular complexity index is 1550. The van der Waals surface area contributed by atoms with Gasteiger partial charge in [-0.25, -0.2) is 9.97 Å². The van der Waals surface area contributed by atoms with Crippen LogP contribution in [-0.2, 0) is 11.2 Å². The third-order valence-electron chi connectivity index (χ3n) is 5.84. The van der Waals surface area contributed by atoms with Crippen molar-refractivity contribution in [3.8, 4) is 40.3 Å². The highest BCUT2D eigenvalue weighted by molar-refractivity contribution is 8.00. The van der Waals surface area contributed by atoms with Crippen LogP contribution >= 0.6 is 23.1 Å². The topological polar surface area (TPSA) is 138 Å². The minimum absolute atomic E-state index is 0.0141. The van der Waals surface area contributed by atoms with Crippen LogP contribution in [0.15, 0.2) is 58.9 Å². The van der Waals surface area contributed by atoms with Crippen molar-refractivity contribution in [2.24, 2.45) is 0 Å². The fourth-order valence-electron chi connectivity index (χ4n) is 3.73. The molecule has 2 aromatic heterocycles. The zero-order chi connectivity index (χ0) is 27.2. The average molecular weight is 541 g/mol. The first-order valence-corrected chi connectivity index (χ1v) is 13.4. The third-order valence-corrected chi connectivity index (χ3v) is 7.69. The minimum Gasteiger partial charge on any atom is -0.497 e.